The van der Waals surface area contributed by atoms with E-state index in [9.17, 15) is 14.0 Å². The minimum absolute atomic E-state index is 0.0902. The Labute approximate surface area is 221 Å². The van der Waals surface area contributed by atoms with Crippen LogP contribution >= 0.6 is 0 Å². The highest BCUT2D eigenvalue weighted by atomic mass is 19.1. The Morgan fingerprint density at radius 1 is 0.892 bits per heavy atom. The van der Waals surface area contributed by atoms with Gasteiger partial charge in [-0.05, 0) is 48.2 Å². The number of hydrogen-bond acceptors (Lipinski definition) is 4. The molecule has 0 aliphatic heterocycles. The second-order valence-electron chi connectivity index (χ2n) is 9.55. The molecule has 0 bridgehead atoms. The molecule has 2 aromatic carbocycles. The van der Waals surface area contributed by atoms with E-state index in [4.69, 9.17) is 9.94 Å². The third kappa shape index (κ3) is 13.9. The smallest absolute Gasteiger partial charge is 0.331 e. The standard InChI is InChI=1S/C30H43FN2O4/c1-2-3-4-5-6-7-8-9-10-11-20-32-30(36)27-17-15-26(16-18-27)23-33(37-24-29(34)35)21-19-25-13-12-14-28(31)22-25/h12-18,22H,2-11,19-21,23-24H2,1H3,(H,32,36)(H,34,35). The first-order valence-electron chi connectivity index (χ1n) is 13.7. The molecule has 2 N–H and O–H groups in total. The summed E-state index contributed by atoms with van der Waals surface area (Å²) in [6.45, 7) is 3.21. The SMILES string of the molecule is CCCCCCCCCCCCNC(=O)c1ccc(CN(CCc2cccc(F)c2)OCC(=O)O)cc1. The van der Waals surface area contributed by atoms with Crippen molar-refractivity contribution < 1.29 is 23.9 Å². The first-order valence-corrected chi connectivity index (χ1v) is 13.7. The molecule has 1 amide bonds. The number of rotatable bonds is 20. The summed E-state index contributed by atoms with van der Waals surface area (Å²) in [6, 6.07) is 13.5. The summed E-state index contributed by atoms with van der Waals surface area (Å²) in [5.41, 5.74) is 2.28. The van der Waals surface area contributed by atoms with Gasteiger partial charge in [0.2, 0.25) is 0 Å². The maximum absolute atomic E-state index is 13.4. The van der Waals surface area contributed by atoms with Crippen molar-refractivity contribution in [1.82, 2.24) is 10.4 Å². The molecule has 0 unspecified atom stereocenters. The molecule has 2 aromatic rings. The Balaban J connectivity index is 1.70. The van der Waals surface area contributed by atoms with Gasteiger partial charge in [-0.1, -0.05) is 89.0 Å². The van der Waals surface area contributed by atoms with Crippen LogP contribution in [0.15, 0.2) is 48.5 Å². The summed E-state index contributed by atoms with van der Waals surface area (Å²) in [5.74, 6) is -1.46. The van der Waals surface area contributed by atoms with E-state index in [0.717, 1.165) is 24.0 Å². The fourth-order valence-corrected chi connectivity index (χ4v) is 4.16. The van der Waals surface area contributed by atoms with E-state index in [-0.39, 0.29) is 11.7 Å². The first kappa shape index (κ1) is 30.5. The predicted octanol–water partition coefficient (Wildman–Crippen LogP) is 6.54. The Morgan fingerprint density at radius 3 is 2.16 bits per heavy atom. The molecule has 0 spiro atoms. The first-order chi connectivity index (χ1) is 18.0. The third-order valence-electron chi connectivity index (χ3n) is 6.30. The highest BCUT2D eigenvalue weighted by molar-refractivity contribution is 5.94. The number of benzene rings is 2. The van der Waals surface area contributed by atoms with Crippen molar-refractivity contribution in [3.8, 4) is 0 Å². The van der Waals surface area contributed by atoms with Crippen LogP contribution in [0.1, 0.15) is 92.6 Å². The fourth-order valence-electron chi connectivity index (χ4n) is 4.16. The second kappa shape index (κ2) is 18.5. The molecular formula is C30H43FN2O4. The average Bonchev–Trinajstić information content (AvgIpc) is 2.89. The van der Waals surface area contributed by atoms with Gasteiger partial charge >= 0.3 is 5.97 Å². The van der Waals surface area contributed by atoms with Crippen LogP contribution in [0.4, 0.5) is 4.39 Å². The zero-order valence-electron chi connectivity index (χ0n) is 22.2. The van der Waals surface area contributed by atoms with Crippen molar-refractivity contribution in [3.63, 3.8) is 0 Å². The van der Waals surface area contributed by atoms with E-state index in [1.807, 2.05) is 18.2 Å². The Hall–Kier alpha value is -2.77. The number of hydroxylamine groups is 2. The Kier molecular flexibility index (Phi) is 15.2. The number of carbonyl (C=O) groups excluding carboxylic acids is 1. The summed E-state index contributed by atoms with van der Waals surface area (Å²) in [5, 5.41) is 13.5. The van der Waals surface area contributed by atoms with Crippen LogP contribution in [-0.2, 0) is 22.6 Å². The molecule has 0 atom stereocenters. The largest absolute Gasteiger partial charge is 0.479 e. The van der Waals surface area contributed by atoms with Crippen molar-refractivity contribution >= 4 is 11.9 Å². The molecule has 0 heterocycles. The van der Waals surface area contributed by atoms with E-state index < -0.39 is 12.6 Å². The van der Waals surface area contributed by atoms with Gasteiger partial charge in [0.15, 0.2) is 6.61 Å². The van der Waals surface area contributed by atoms with E-state index in [1.54, 1.807) is 23.3 Å². The normalized spacial score (nSPS) is 11.1. The topological polar surface area (TPSA) is 78.9 Å². The molecular weight excluding hydrogens is 471 g/mol. The van der Waals surface area contributed by atoms with Crippen LogP contribution in [0.5, 0.6) is 0 Å². The third-order valence-corrected chi connectivity index (χ3v) is 6.30. The number of unbranched alkanes of at least 4 members (excludes halogenated alkanes) is 9. The molecule has 0 saturated carbocycles. The molecule has 0 aliphatic rings. The van der Waals surface area contributed by atoms with Gasteiger partial charge in [0.25, 0.3) is 5.91 Å². The molecule has 37 heavy (non-hydrogen) atoms. The van der Waals surface area contributed by atoms with Gasteiger partial charge in [0, 0.05) is 25.2 Å². The number of nitrogens with one attached hydrogen (secondary N) is 1. The number of nitrogens with zero attached hydrogens (tertiary/aromatic N) is 1. The van der Waals surface area contributed by atoms with E-state index >= 15 is 0 Å². The maximum Gasteiger partial charge on any atom is 0.331 e. The second-order valence-corrected chi connectivity index (χ2v) is 9.55. The molecule has 0 aliphatic carbocycles. The highest BCUT2D eigenvalue weighted by Gasteiger charge is 2.11. The lowest BCUT2D eigenvalue weighted by Gasteiger charge is -2.21. The molecule has 0 aromatic heterocycles. The molecule has 2 rings (SSSR count). The predicted molar refractivity (Wildman–Crippen MR) is 145 cm³/mol. The zero-order chi connectivity index (χ0) is 26.7. The number of carboxylic acid groups (broad SMARTS) is 1. The molecule has 7 heteroatoms. The lowest BCUT2D eigenvalue weighted by molar-refractivity contribution is -0.185. The van der Waals surface area contributed by atoms with Gasteiger partial charge in [-0.3, -0.25) is 9.63 Å². The van der Waals surface area contributed by atoms with Crippen LogP contribution in [0, 0.1) is 5.82 Å². The number of amides is 1. The summed E-state index contributed by atoms with van der Waals surface area (Å²) in [6.07, 6.45) is 13.1. The van der Waals surface area contributed by atoms with E-state index in [1.165, 1.54) is 63.5 Å². The van der Waals surface area contributed by atoms with E-state index in [2.05, 4.69) is 12.2 Å². The van der Waals surface area contributed by atoms with Gasteiger partial charge < -0.3 is 10.4 Å². The number of carbonyl (C=O) groups is 2. The monoisotopic (exact) mass is 514 g/mol. The minimum Gasteiger partial charge on any atom is -0.479 e. The van der Waals surface area contributed by atoms with Crippen LogP contribution in [0.3, 0.4) is 0 Å². The lowest BCUT2D eigenvalue weighted by Crippen LogP contribution is -2.29. The quantitative estimate of drug-likeness (QED) is 0.155. The molecule has 204 valence electrons. The zero-order valence-corrected chi connectivity index (χ0v) is 22.2. The summed E-state index contributed by atoms with van der Waals surface area (Å²) >= 11 is 0. The Morgan fingerprint density at radius 2 is 1.54 bits per heavy atom. The van der Waals surface area contributed by atoms with Gasteiger partial charge in [-0.15, -0.1) is 0 Å². The molecule has 0 saturated heterocycles. The minimum atomic E-state index is -1.06. The number of carboxylic acids is 1. The van der Waals surface area contributed by atoms with Crippen molar-refractivity contribution in [2.75, 3.05) is 19.7 Å². The van der Waals surface area contributed by atoms with Crippen LogP contribution < -0.4 is 5.32 Å². The van der Waals surface area contributed by atoms with Gasteiger partial charge in [-0.2, -0.15) is 5.06 Å². The number of hydrogen-bond donors (Lipinski definition) is 2. The molecule has 0 radical (unpaired) electrons. The fraction of sp³-hybridized carbons (Fsp3) is 0.533. The maximum atomic E-state index is 13.4. The van der Waals surface area contributed by atoms with Gasteiger partial charge in [0.05, 0.1) is 0 Å². The van der Waals surface area contributed by atoms with Crippen molar-refractivity contribution in [1.29, 1.82) is 0 Å². The van der Waals surface area contributed by atoms with Crippen molar-refractivity contribution in [2.45, 2.75) is 84.1 Å². The van der Waals surface area contributed by atoms with Gasteiger partial charge in [0.1, 0.15) is 5.82 Å². The van der Waals surface area contributed by atoms with Crippen molar-refractivity contribution in [3.05, 3.63) is 71.0 Å². The number of aliphatic carboxylic acids is 1. The van der Waals surface area contributed by atoms with Crippen LogP contribution in [0.25, 0.3) is 0 Å². The van der Waals surface area contributed by atoms with Crippen molar-refractivity contribution in [2.24, 2.45) is 0 Å². The molecule has 0 fully saturated rings. The van der Waals surface area contributed by atoms with Crippen LogP contribution in [0.2, 0.25) is 0 Å². The summed E-state index contributed by atoms with van der Waals surface area (Å²) in [7, 11) is 0. The number of halogens is 1. The molecule has 6 nitrogen and oxygen atoms in total. The van der Waals surface area contributed by atoms with E-state index in [0.29, 0.717) is 31.6 Å². The van der Waals surface area contributed by atoms with Crippen LogP contribution in [-0.4, -0.2) is 41.7 Å². The average molecular weight is 515 g/mol. The highest BCUT2D eigenvalue weighted by Crippen LogP contribution is 2.12. The lowest BCUT2D eigenvalue weighted by atomic mass is 10.1. The summed E-state index contributed by atoms with van der Waals surface area (Å²) < 4.78 is 13.4. The summed E-state index contributed by atoms with van der Waals surface area (Å²) in [4.78, 5) is 28.8. The van der Waals surface area contributed by atoms with Gasteiger partial charge in [-0.25, -0.2) is 9.18 Å². The Bertz CT molecular complexity index is 920.